The second-order valence-electron chi connectivity index (χ2n) is 3.13. The van der Waals surface area contributed by atoms with Crippen LogP contribution >= 0.6 is 21.6 Å². The molecule has 9 heteroatoms. The maximum absolute atomic E-state index is 10.7. The highest BCUT2D eigenvalue weighted by molar-refractivity contribution is 8.76. The quantitative estimate of drug-likeness (QED) is 0.441. The Labute approximate surface area is 111 Å². The molecule has 7 nitrogen and oxygen atoms in total. The van der Waals surface area contributed by atoms with Gasteiger partial charge in [-0.25, -0.2) is 4.98 Å². The fourth-order valence-electron chi connectivity index (χ4n) is 1.02. The predicted molar refractivity (Wildman–Crippen MR) is 69.7 cm³/mol. The van der Waals surface area contributed by atoms with E-state index in [0.29, 0.717) is 0 Å². The first-order valence-electron chi connectivity index (χ1n) is 4.85. The lowest BCUT2D eigenvalue weighted by Crippen LogP contribution is -2.35. The first-order chi connectivity index (χ1) is 8.56. The maximum Gasteiger partial charge on any atom is 0.321 e. The number of likely N-dealkylation sites (N-methyl/N-ethyl adjacent to an activating group) is 1. The molecule has 2 N–H and O–H groups in total. The Hall–Kier alpha value is -1.32. The summed E-state index contributed by atoms with van der Waals surface area (Å²) in [6, 6.07) is 2.16. The predicted octanol–water partition coefficient (Wildman–Crippen LogP) is 1.40. The number of nitrogens with one attached hydrogen (secondary N) is 1. The van der Waals surface area contributed by atoms with E-state index < -0.39 is 16.9 Å². The molecule has 0 bridgehead atoms. The average Bonchev–Trinajstić information content (AvgIpc) is 2.34. The van der Waals surface area contributed by atoms with Gasteiger partial charge < -0.3 is 10.4 Å². The largest absolute Gasteiger partial charge is 0.480 e. The van der Waals surface area contributed by atoms with Crippen molar-refractivity contribution in [2.24, 2.45) is 0 Å². The zero-order valence-electron chi connectivity index (χ0n) is 9.40. The second kappa shape index (κ2) is 7.19. The van der Waals surface area contributed by atoms with Crippen LogP contribution in [0.5, 0.6) is 0 Å². The highest BCUT2D eigenvalue weighted by Crippen LogP contribution is 2.35. The highest BCUT2D eigenvalue weighted by Gasteiger charge is 2.18. The van der Waals surface area contributed by atoms with Gasteiger partial charge in [0.25, 0.3) is 0 Å². The molecule has 1 heterocycles. The van der Waals surface area contributed by atoms with Gasteiger partial charge >= 0.3 is 11.7 Å². The van der Waals surface area contributed by atoms with Gasteiger partial charge in [0, 0.05) is 18.0 Å². The van der Waals surface area contributed by atoms with E-state index in [1.807, 2.05) is 0 Å². The molecule has 0 aliphatic heterocycles. The minimum absolute atomic E-state index is 0.0775. The van der Waals surface area contributed by atoms with Crippen LogP contribution < -0.4 is 5.32 Å². The maximum atomic E-state index is 10.7. The number of aliphatic carboxylic acids is 1. The molecular weight excluding hydrogens is 278 g/mol. The summed E-state index contributed by atoms with van der Waals surface area (Å²) in [6.07, 6.45) is 1.46. The molecule has 1 unspecified atom stereocenters. The topological polar surface area (TPSA) is 105 Å². The third kappa shape index (κ3) is 4.17. The van der Waals surface area contributed by atoms with Crippen molar-refractivity contribution in [1.29, 1.82) is 0 Å². The van der Waals surface area contributed by atoms with E-state index in [0.717, 1.165) is 10.8 Å². The number of nitrogens with zero attached hydrogens (tertiary/aromatic N) is 2. The zero-order chi connectivity index (χ0) is 13.5. The summed E-state index contributed by atoms with van der Waals surface area (Å²) in [5.41, 5.74) is -0.0775. The summed E-state index contributed by atoms with van der Waals surface area (Å²) in [7, 11) is 3.85. The van der Waals surface area contributed by atoms with Gasteiger partial charge in [0.05, 0.1) is 4.92 Å². The van der Waals surface area contributed by atoms with Crippen LogP contribution in [0, 0.1) is 10.1 Å². The molecule has 0 spiro atoms. The van der Waals surface area contributed by atoms with E-state index in [1.54, 1.807) is 7.05 Å². The van der Waals surface area contributed by atoms with Crippen molar-refractivity contribution in [2.45, 2.75) is 11.1 Å². The van der Waals surface area contributed by atoms with Crippen LogP contribution in [0.3, 0.4) is 0 Å². The molecule has 0 amide bonds. The number of pyridine rings is 1. The van der Waals surface area contributed by atoms with Crippen molar-refractivity contribution in [2.75, 3.05) is 12.8 Å². The van der Waals surface area contributed by atoms with Crippen LogP contribution in [0.1, 0.15) is 0 Å². The van der Waals surface area contributed by atoms with Crippen LogP contribution in [0.25, 0.3) is 0 Å². The molecule has 18 heavy (non-hydrogen) atoms. The third-order valence-corrected chi connectivity index (χ3v) is 4.26. The fraction of sp³-hybridized carbons (Fsp3) is 0.333. The van der Waals surface area contributed by atoms with Gasteiger partial charge in [0.2, 0.25) is 0 Å². The Morgan fingerprint density at radius 3 is 3.00 bits per heavy atom. The van der Waals surface area contributed by atoms with Gasteiger partial charge in [0.15, 0.2) is 5.03 Å². The van der Waals surface area contributed by atoms with Crippen molar-refractivity contribution in [3.05, 3.63) is 28.4 Å². The molecule has 0 fully saturated rings. The van der Waals surface area contributed by atoms with Crippen LogP contribution in [-0.2, 0) is 4.79 Å². The van der Waals surface area contributed by atoms with E-state index in [9.17, 15) is 14.9 Å². The minimum Gasteiger partial charge on any atom is -0.480 e. The molecule has 1 atom stereocenters. The molecule has 98 valence electrons. The Kier molecular flexibility index (Phi) is 5.89. The Morgan fingerprint density at radius 1 is 1.72 bits per heavy atom. The van der Waals surface area contributed by atoms with Gasteiger partial charge in [-0.2, -0.15) is 0 Å². The lowest BCUT2D eigenvalue weighted by atomic mass is 10.3. The second-order valence-corrected chi connectivity index (χ2v) is 5.46. The zero-order valence-corrected chi connectivity index (χ0v) is 11.0. The molecule has 1 aromatic rings. The van der Waals surface area contributed by atoms with Gasteiger partial charge in [-0.1, -0.05) is 10.8 Å². The number of carboxylic acid groups (broad SMARTS) is 1. The van der Waals surface area contributed by atoms with Gasteiger partial charge in [-0.15, -0.1) is 0 Å². The molecule has 0 aromatic carbocycles. The van der Waals surface area contributed by atoms with Crippen molar-refractivity contribution in [1.82, 2.24) is 10.3 Å². The normalized spacial score (nSPS) is 12.1. The highest BCUT2D eigenvalue weighted by atomic mass is 33.1. The SMILES string of the molecule is CNC(CSSc1ncccc1[N+](=O)[O-])C(=O)O. The number of hydrogen-bond acceptors (Lipinski definition) is 7. The molecule has 0 saturated carbocycles. The van der Waals surface area contributed by atoms with Gasteiger partial charge in [0.1, 0.15) is 6.04 Å². The Bertz CT molecular complexity index is 444. The summed E-state index contributed by atoms with van der Waals surface area (Å²) in [6.45, 7) is 0. The monoisotopic (exact) mass is 289 g/mol. The van der Waals surface area contributed by atoms with Crippen molar-refractivity contribution >= 4 is 33.2 Å². The van der Waals surface area contributed by atoms with Crippen LogP contribution in [0.2, 0.25) is 0 Å². The molecule has 0 saturated heterocycles. The van der Waals surface area contributed by atoms with Crippen molar-refractivity contribution in [3.63, 3.8) is 0 Å². The summed E-state index contributed by atoms with van der Waals surface area (Å²) in [4.78, 5) is 24.8. The van der Waals surface area contributed by atoms with Gasteiger partial charge in [-0.05, 0) is 23.9 Å². The Balaban J connectivity index is 2.59. The van der Waals surface area contributed by atoms with Crippen molar-refractivity contribution in [3.8, 4) is 0 Å². The van der Waals surface area contributed by atoms with E-state index >= 15 is 0 Å². The fourth-order valence-corrected chi connectivity index (χ4v) is 3.31. The Morgan fingerprint density at radius 2 is 2.44 bits per heavy atom. The summed E-state index contributed by atoms with van der Waals surface area (Å²) in [5.74, 6) is -0.675. The number of rotatable bonds is 7. The third-order valence-electron chi connectivity index (χ3n) is 1.97. The van der Waals surface area contributed by atoms with E-state index in [2.05, 4.69) is 10.3 Å². The number of hydrogen-bond donors (Lipinski definition) is 2. The number of nitro groups is 1. The van der Waals surface area contributed by atoms with Crippen molar-refractivity contribution < 1.29 is 14.8 Å². The van der Waals surface area contributed by atoms with Crippen LogP contribution in [0.4, 0.5) is 5.69 Å². The summed E-state index contributed by atoms with van der Waals surface area (Å²) < 4.78 is 0. The smallest absolute Gasteiger partial charge is 0.321 e. The summed E-state index contributed by atoms with van der Waals surface area (Å²) in [5, 5.41) is 22.4. The summed E-state index contributed by atoms with van der Waals surface area (Å²) >= 11 is 0. The molecule has 0 aliphatic rings. The number of carbonyl (C=O) groups is 1. The van der Waals surface area contributed by atoms with Crippen LogP contribution in [-0.4, -0.2) is 39.8 Å². The van der Waals surface area contributed by atoms with Crippen LogP contribution in [0.15, 0.2) is 23.4 Å². The number of aromatic nitrogens is 1. The van der Waals surface area contributed by atoms with E-state index in [1.165, 1.54) is 29.1 Å². The first kappa shape index (κ1) is 14.7. The lowest BCUT2D eigenvalue weighted by Gasteiger charge is -2.09. The van der Waals surface area contributed by atoms with E-state index in [-0.39, 0.29) is 16.5 Å². The molecule has 0 aliphatic carbocycles. The molecular formula is C9H11N3O4S2. The average molecular weight is 289 g/mol. The first-order valence-corrected chi connectivity index (χ1v) is 7.17. The molecule has 1 aromatic heterocycles. The van der Waals surface area contributed by atoms with Gasteiger partial charge in [-0.3, -0.25) is 14.9 Å². The molecule has 1 rings (SSSR count). The molecule has 0 radical (unpaired) electrons. The minimum atomic E-state index is -0.957. The standard InChI is InChI=1S/C9H11N3O4S2/c1-10-6(9(13)14)5-17-18-8-7(12(15)16)3-2-4-11-8/h2-4,6,10H,5H2,1H3,(H,13,14). The number of carboxylic acids is 1. The van der Waals surface area contributed by atoms with E-state index in [4.69, 9.17) is 5.11 Å². The lowest BCUT2D eigenvalue weighted by molar-refractivity contribution is -0.388.